The molecule has 4 heterocycles. The van der Waals surface area contributed by atoms with Gasteiger partial charge in [-0.05, 0) is 12.5 Å². The van der Waals surface area contributed by atoms with Gasteiger partial charge < -0.3 is 14.9 Å². The van der Waals surface area contributed by atoms with Crippen molar-refractivity contribution in [1.82, 2.24) is 14.6 Å². The Morgan fingerprint density at radius 3 is 2.70 bits per heavy atom. The van der Waals surface area contributed by atoms with Gasteiger partial charge in [0.05, 0.1) is 47.5 Å². The van der Waals surface area contributed by atoms with Crippen LogP contribution in [0.2, 0.25) is 0 Å². The van der Waals surface area contributed by atoms with Crippen LogP contribution in [0.25, 0.3) is 22.3 Å². The van der Waals surface area contributed by atoms with E-state index in [4.69, 9.17) is 4.74 Å². The van der Waals surface area contributed by atoms with E-state index in [1.165, 1.54) is 17.7 Å². The topological polar surface area (TPSA) is 177 Å². The summed E-state index contributed by atoms with van der Waals surface area (Å²) in [6.45, 7) is 3.91. The Morgan fingerprint density at radius 1 is 1.32 bits per heavy atom. The lowest BCUT2D eigenvalue weighted by atomic mass is 9.84. The molecule has 2 aliphatic rings. The lowest BCUT2D eigenvalue weighted by molar-refractivity contribution is -0.386. The maximum atomic E-state index is 13.7. The molecule has 1 aromatic carbocycles. The van der Waals surface area contributed by atoms with Crippen molar-refractivity contribution in [1.29, 1.82) is 0 Å². The molecule has 0 radical (unpaired) electrons. The van der Waals surface area contributed by atoms with Crippen LogP contribution in [0, 0.1) is 16.0 Å². The van der Waals surface area contributed by atoms with Gasteiger partial charge in [-0.15, -0.1) is 0 Å². The number of aliphatic hydroxyl groups is 2. The maximum absolute atomic E-state index is 13.7. The average molecular weight is 550 g/mol. The molecule has 2 N–H and O–H groups in total. The number of fused-ring (bicyclic) bond motifs is 5. The fourth-order valence-electron chi connectivity index (χ4n) is 5.27. The summed E-state index contributed by atoms with van der Waals surface area (Å²) in [5, 5.41) is 39.4. The number of nitrogens with zero attached hydrogens (tertiary/aromatic N) is 5. The van der Waals surface area contributed by atoms with E-state index < -0.39 is 34.3 Å². The molecule has 13 nitrogen and oxygen atoms in total. The Balaban J connectivity index is 1.82. The van der Waals surface area contributed by atoms with Crippen LogP contribution in [0.5, 0.6) is 0 Å². The van der Waals surface area contributed by atoms with Gasteiger partial charge in [0.1, 0.15) is 18.0 Å². The molecule has 2 aliphatic heterocycles. The molecule has 1 amide bonds. The largest absolute Gasteiger partial charge is 0.458 e. The number of cyclic esters (lactones) is 1. The first-order valence-corrected chi connectivity index (χ1v) is 12.8. The predicted molar refractivity (Wildman–Crippen MR) is 142 cm³/mol. The van der Waals surface area contributed by atoms with Crippen LogP contribution in [0.4, 0.5) is 5.69 Å². The van der Waals surface area contributed by atoms with Crippen molar-refractivity contribution in [3.05, 3.63) is 67.0 Å². The summed E-state index contributed by atoms with van der Waals surface area (Å²) in [6.07, 6.45) is 1.18. The second-order valence-electron chi connectivity index (χ2n) is 9.94. The highest BCUT2D eigenvalue weighted by Crippen LogP contribution is 2.46. The van der Waals surface area contributed by atoms with Gasteiger partial charge in [0, 0.05) is 22.4 Å². The van der Waals surface area contributed by atoms with E-state index in [0.717, 1.165) is 5.01 Å². The molecule has 0 aliphatic carbocycles. The first-order valence-electron chi connectivity index (χ1n) is 12.8. The summed E-state index contributed by atoms with van der Waals surface area (Å²) in [5.74, 6) is -1.76. The Kier molecular flexibility index (Phi) is 6.72. The zero-order chi connectivity index (χ0) is 28.9. The quantitative estimate of drug-likeness (QED) is 0.151. The normalized spacial score (nSPS) is 17.6. The highest BCUT2D eigenvalue weighted by Gasteiger charge is 2.52. The fourth-order valence-corrected chi connectivity index (χ4v) is 5.27. The van der Waals surface area contributed by atoms with E-state index in [1.807, 2.05) is 0 Å². The highest BCUT2D eigenvalue weighted by atomic mass is 16.6. The second kappa shape index (κ2) is 9.92. The number of hydrazone groups is 1. The monoisotopic (exact) mass is 549 g/mol. The summed E-state index contributed by atoms with van der Waals surface area (Å²) in [6, 6.07) is 6.98. The number of carbonyl (C=O) groups is 2. The number of rotatable bonds is 7. The van der Waals surface area contributed by atoms with E-state index in [2.05, 4.69) is 10.1 Å². The number of pyridine rings is 2. The van der Waals surface area contributed by atoms with Crippen molar-refractivity contribution in [3.63, 3.8) is 0 Å². The van der Waals surface area contributed by atoms with Crippen molar-refractivity contribution < 1.29 is 29.5 Å². The third-order valence-electron chi connectivity index (χ3n) is 7.29. The van der Waals surface area contributed by atoms with Crippen LogP contribution in [-0.2, 0) is 33.1 Å². The molecule has 5 rings (SSSR count). The number of esters is 1. The zero-order valence-corrected chi connectivity index (χ0v) is 22.1. The standard InChI is InChI=1S/C27H27N5O8/c1-4-27(37)20-18(13-40-26(27)36)25(35)30-12-17-16(11-28-31(9-10-33)24(34)14(2)3)15-7-5-6-8-19(15)29-21(17)23(30)22(20)32(38)39/h5-8,11,14,33,37H,4,9-10,12-13H2,1-3H3/t27-/m0/s1. The van der Waals surface area contributed by atoms with Gasteiger partial charge in [-0.2, -0.15) is 5.10 Å². The number of hydrogen-bond acceptors (Lipinski definition) is 10. The van der Waals surface area contributed by atoms with Crippen LogP contribution >= 0.6 is 0 Å². The number of aromatic nitrogens is 2. The number of nitro groups is 1. The van der Waals surface area contributed by atoms with Gasteiger partial charge in [0.2, 0.25) is 5.91 Å². The lowest BCUT2D eigenvalue weighted by Gasteiger charge is -2.31. The molecule has 208 valence electrons. The van der Waals surface area contributed by atoms with Crippen molar-refractivity contribution in [3.8, 4) is 11.4 Å². The molecule has 40 heavy (non-hydrogen) atoms. The van der Waals surface area contributed by atoms with Crippen molar-refractivity contribution in [2.75, 3.05) is 13.2 Å². The van der Waals surface area contributed by atoms with Gasteiger partial charge in [0.25, 0.3) is 5.56 Å². The second-order valence-corrected chi connectivity index (χ2v) is 9.94. The number of benzene rings is 1. The van der Waals surface area contributed by atoms with Gasteiger partial charge in [-0.3, -0.25) is 24.3 Å². The van der Waals surface area contributed by atoms with Gasteiger partial charge in [-0.1, -0.05) is 39.0 Å². The Labute approximate surface area is 227 Å². The average Bonchev–Trinajstić information content (AvgIpc) is 3.31. The molecule has 3 aromatic rings. The SMILES string of the molecule is CC[C@@]1(O)C(=O)OCc2c1c([N+](=O)[O-])c1n(c2=O)Cc2c-1nc1ccccc1c2C=NN(CCO)C(=O)C(C)C. The third-order valence-corrected chi connectivity index (χ3v) is 7.29. The van der Waals surface area contributed by atoms with E-state index in [-0.39, 0.29) is 60.5 Å². The van der Waals surface area contributed by atoms with Crippen molar-refractivity contribution in [2.24, 2.45) is 11.0 Å². The van der Waals surface area contributed by atoms with Gasteiger partial charge in [-0.25, -0.2) is 14.8 Å². The van der Waals surface area contributed by atoms with E-state index >= 15 is 0 Å². The van der Waals surface area contributed by atoms with Crippen molar-refractivity contribution in [2.45, 2.75) is 45.9 Å². The Morgan fingerprint density at radius 2 is 2.05 bits per heavy atom. The van der Waals surface area contributed by atoms with Crippen LogP contribution < -0.4 is 5.56 Å². The van der Waals surface area contributed by atoms with Gasteiger partial charge in [0.15, 0.2) is 5.60 Å². The first kappa shape index (κ1) is 27.1. The molecular formula is C27H27N5O8. The zero-order valence-electron chi connectivity index (χ0n) is 22.1. The summed E-state index contributed by atoms with van der Waals surface area (Å²) < 4.78 is 6.26. The first-order chi connectivity index (χ1) is 19.0. The van der Waals surface area contributed by atoms with Gasteiger partial charge >= 0.3 is 11.7 Å². The summed E-state index contributed by atoms with van der Waals surface area (Å²) >= 11 is 0. The smallest absolute Gasteiger partial charge is 0.343 e. The molecule has 0 bridgehead atoms. The number of ether oxygens (including phenoxy) is 1. The summed E-state index contributed by atoms with van der Waals surface area (Å²) in [5.41, 5.74) is -2.77. The number of amides is 1. The number of carbonyl (C=O) groups excluding carboxylic acids is 2. The van der Waals surface area contributed by atoms with Crippen LogP contribution in [0.15, 0.2) is 34.2 Å². The number of hydrogen-bond donors (Lipinski definition) is 2. The minimum Gasteiger partial charge on any atom is -0.458 e. The third kappa shape index (κ3) is 3.97. The molecule has 0 saturated heterocycles. The number of para-hydroxylation sites is 1. The molecule has 0 unspecified atom stereocenters. The lowest BCUT2D eigenvalue weighted by Crippen LogP contribution is -2.45. The molecule has 0 fully saturated rings. The highest BCUT2D eigenvalue weighted by molar-refractivity contribution is 6.03. The maximum Gasteiger partial charge on any atom is 0.343 e. The molecule has 1 atom stereocenters. The van der Waals surface area contributed by atoms with Crippen molar-refractivity contribution >= 4 is 34.7 Å². The number of aliphatic hydroxyl groups excluding tert-OH is 1. The van der Waals surface area contributed by atoms with E-state index in [9.17, 15) is 34.7 Å². The molecule has 2 aromatic heterocycles. The summed E-state index contributed by atoms with van der Waals surface area (Å²) in [7, 11) is 0. The van der Waals surface area contributed by atoms with Crippen LogP contribution in [0.1, 0.15) is 49.4 Å². The van der Waals surface area contributed by atoms with E-state index in [0.29, 0.717) is 22.0 Å². The molecular weight excluding hydrogens is 522 g/mol. The van der Waals surface area contributed by atoms with Crippen LogP contribution in [0.3, 0.4) is 0 Å². The Hall–Kier alpha value is -4.49. The molecule has 0 saturated carbocycles. The van der Waals surface area contributed by atoms with E-state index in [1.54, 1.807) is 38.1 Å². The minimum atomic E-state index is -2.38. The molecule has 0 spiro atoms. The minimum absolute atomic E-state index is 0.0414. The molecule has 13 heteroatoms. The Bertz CT molecular complexity index is 1680. The predicted octanol–water partition coefficient (Wildman–Crippen LogP) is 1.80. The van der Waals surface area contributed by atoms with Crippen LogP contribution in [-0.4, -0.2) is 60.9 Å². The fraction of sp³-hybridized carbons (Fsp3) is 0.370. The summed E-state index contributed by atoms with van der Waals surface area (Å²) in [4.78, 5) is 55.4.